The van der Waals surface area contributed by atoms with E-state index in [9.17, 15) is 30.6 Å². The molecule has 0 radical (unpaired) electrons. The minimum Gasteiger partial charge on any atom is -0.504 e. The summed E-state index contributed by atoms with van der Waals surface area (Å²) in [6.45, 7) is 0.944. The van der Waals surface area contributed by atoms with Crippen molar-refractivity contribution in [1.82, 2.24) is 10.6 Å². The van der Waals surface area contributed by atoms with Crippen LogP contribution in [0.5, 0.6) is 23.0 Å². The number of carbonyl (C=O) groups is 1. The highest BCUT2D eigenvalue weighted by Crippen LogP contribution is 2.82. The monoisotopic (exact) mass is 828 g/mol. The van der Waals surface area contributed by atoms with Crippen LogP contribution in [0, 0.1) is 58.7 Å². The third-order valence-corrected chi connectivity index (χ3v) is 17.3. The summed E-state index contributed by atoms with van der Waals surface area (Å²) in [4.78, 5) is 15.4. The van der Waals surface area contributed by atoms with Crippen LogP contribution in [0.3, 0.4) is 0 Å². The second-order valence-corrected chi connectivity index (χ2v) is 19.7. The number of phenols is 3. The van der Waals surface area contributed by atoms with Crippen LogP contribution in [-0.2, 0) is 23.2 Å². The van der Waals surface area contributed by atoms with Gasteiger partial charge in [-0.2, -0.15) is 0 Å². The van der Waals surface area contributed by atoms with Crippen LogP contribution in [0.2, 0.25) is 0 Å². The number of hydrogen-bond acceptors (Lipinski definition) is 10. The predicted molar refractivity (Wildman–Crippen MR) is 230 cm³/mol. The number of Topliss-reactive ketones (excluding diaryl/α,β-unsaturated/α-hetero) is 1. The Bertz CT molecular complexity index is 2320. The Morgan fingerprint density at radius 1 is 0.984 bits per heavy atom. The van der Waals surface area contributed by atoms with Gasteiger partial charge in [-0.05, 0) is 134 Å². The van der Waals surface area contributed by atoms with Gasteiger partial charge in [-0.3, -0.25) is 4.79 Å². The number of fused-ring (bicyclic) bond motifs is 3. The van der Waals surface area contributed by atoms with E-state index in [1.807, 2.05) is 31.3 Å². The number of allylic oxidation sites excluding steroid dienone is 1. The zero-order valence-corrected chi connectivity index (χ0v) is 35.2. The van der Waals surface area contributed by atoms with E-state index in [1.54, 1.807) is 12.1 Å². The summed E-state index contributed by atoms with van der Waals surface area (Å²) in [6.07, 6.45) is 10.0. The third kappa shape index (κ3) is 5.56. The predicted octanol–water partition coefficient (Wildman–Crippen LogP) is 5.57. The van der Waals surface area contributed by atoms with E-state index >= 15 is 4.79 Å². The number of rotatable bonds is 10. The minimum absolute atomic E-state index is 0.0389. The molecule has 61 heavy (non-hydrogen) atoms. The number of benzene rings is 3. The number of carbonyl (C=O) groups excluding carboxylic acids is 1. The van der Waals surface area contributed by atoms with Gasteiger partial charge in [0.25, 0.3) is 0 Å². The minimum atomic E-state index is -1.55. The standard InChI is InChI=1S/C51H60N2O8/c1-52-26-32-18-34-12-15-50-41-13-14-48(34)25-39(32)38-21-43(57)44(58)23-42(38)51(48,50)47-31(27-53-50)11-10-30(17-29-7-4-3-5-8-29)36(37-22-46(61-2)45(59)19-33(37)28-55)20-35(56)24-49(47,60)40(41)9-6-16-54/h3-5,7-8,13-14,19,21-23,30-32,34,36,39-41,47,52-55,57-60H,6,9,12,15-18,20,24-28H2,1-2H3. The molecule has 3 aromatic rings. The van der Waals surface area contributed by atoms with Gasteiger partial charge >= 0.3 is 0 Å². The van der Waals surface area contributed by atoms with Crippen molar-refractivity contribution in [3.05, 3.63) is 94.6 Å². The number of aromatic hydroxyl groups is 3. The number of methoxy groups -OCH3 is 1. The molecule has 2 spiro atoms. The van der Waals surface area contributed by atoms with E-state index in [0.717, 1.165) is 48.9 Å². The van der Waals surface area contributed by atoms with E-state index in [-0.39, 0.29) is 84.4 Å². The molecule has 10 nitrogen and oxygen atoms in total. The van der Waals surface area contributed by atoms with E-state index < -0.39 is 39.7 Å². The average Bonchev–Trinajstić information content (AvgIpc) is 3.25. The Kier molecular flexibility index (Phi) is 9.92. The number of phenolic OH excluding ortho intramolecular Hbond substituents is 3. The molecule has 13 atom stereocenters. The lowest BCUT2D eigenvalue weighted by molar-refractivity contribution is -0.276. The van der Waals surface area contributed by atoms with Gasteiger partial charge in [0.15, 0.2) is 23.0 Å². The lowest BCUT2D eigenvalue weighted by Gasteiger charge is -2.83. The van der Waals surface area contributed by atoms with E-state index in [0.29, 0.717) is 42.9 Å². The highest BCUT2D eigenvalue weighted by Gasteiger charge is 2.84. The van der Waals surface area contributed by atoms with Gasteiger partial charge in [-0.15, -0.1) is 0 Å². The number of hydrogen-bond donors (Lipinski definition) is 8. The second kappa shape index (κ2) is 14.9. The van der Waals surface area contributed by atoms with Gasteiger partial charge in [0.05, 0.1) is 19.3 Å². The normalized spacial score (nSPS) is 38.8. The molecule has 3 aromatic carbocycles. The van der Waals surface area contributed by atoms with Crippen LogP contribution in [0.1, 0.15) is 91.0 Å². The lowest BCUT2D eigenvalue weighted by Crippen LogP contribution is -2.89. The molecule has 0 amide bonds. The fourth-order valence-electron chi connectivity index (χ4n) is 15.5. The Labute approximate surface area is 358 Å². The molecule has 1 heterocycles. The first kappa shape index (κ1) is 40.7. The van der Waals surface area contributed by atoms with Crippen LogP contribution in [0.4, 0.5) is 0 Å². The first-order chi connectivity index (χ1) is 29.5. The molecule has 10 heteroatoms. The molecule has 1 saturated heterocycles. The summed E-state index contributed by atoms with van der Waals surface area (Å²) >= 11 is 0. The highest BCUT2D eigenvalue weighted by atomic mass is 16.5. The Morgan fingerprint density at radius 3 is 2.54 bits per heavy atom. The summed E-state index contributed by atoms with van der Waals surface area (Å²) in [6, 6.07) is 17.0. The number of nitrogens with one attached hydrogen (secondary N) is 2. The van der Waals surface area contributed by atoms with E-state index in [1.165, 1.54) is 13.2 Å². The van der Waals surface area contributed by atoms with Crippen molar-refractivity contribution in [3.63, 3.8) is 0 Å². The quantitative estimate of drug-likeness (QED) is 0.0735. The first-order valence-electron chi connectivity index (χ1n) is 22.6. The molecule has 3 saturated carbocycles. The summed E-state index contributed by atoms with van der Waals surface area (Å²) in [5, 5.41) is 76.7. The summed E-state index contributed by atoms with van der Waals surface area (Å²) < 4.78 is 5.58. The number of ketones is 1. The fraction of sp³-hybridized carbons (Fsp3) is 0.549. The molecule has 8 N–H and O–H groups in total. The molecule has 1 aliphatic heterocycles. The van der Waals surface area contributed by atoms with Crippen LogP contribution < -0.4 is 15.4 Å². The van der Waals surface area contributed by atoms with Gasteiger partial charge in [-0.25, -0.2) is 0 Å². The molecular weight excluding hydrogens is 769 g/mol. The molecule has 6 bridgehead atoms. The zero-order valence-electron chi connectivity index (χ0n) is 35.2. The number of piperidine rings is 1. The van der Waals surface area contributed by atoms with Crippen molar-refractivity contribution in [2.24, 2.45) is 46.8 Å². The number of aliphatic hydroxyl groups is 3. The van der Waals surface area contributed by atoms with E-state index in [2.05, 4.69) is 46.8 Å². The van der Waals surface area contributed by atoms with Crippen molar-refractivity contribution >= 4 is 5.78 Å². The zero-order chi connectivity index (χ0) is 42.5. The Morgan fingerprint density at radius 2 is 1.79 bits per heavy atom. The van der Waals surface area contributed by atoms with Crippen molar-refractivity contribution in [3.8, 4) is 34.8 Å². The molecule has 0 aromatic heterocycles. The maximum atomic E-state index is 15.4. The fourth-order valence-corrected chi connectivity index (χ4v) is 15.5. The van der Waals surface area contributed by atoms with Gasteiger partial charge in [0.2, 0.25) is 0 Å². The molecule has 6 aliphatic carbocycles. The van der Waals surface area contributed by atoms with Crippen molar-refractivity contribution < 1.29 is 40.2 Å². The topological polar surface area (TPSA) is 172 Å². The van der Waals surface area contributed by atoms with Gasteiger partial charge in [-0.1, -0.05) is 54.3 Å². The van der Waals surface area contributed by atoms with Crippen LogP contribution in [0.15, 0.2) is 66.7 Å². The smallest absolute Gasteiger partial charge is 0.160 e. The van der Waals surface area contributed by atoms with Crippen molar-refractivity contribution in [2.75, 3.05) is 33.9 Å². The maximum Gasteiger partial charge on any atom is 0.160 e. The maximum absolute atomic E-state index is 15.4. The van der Waals surface area contributed by atoms with Crippen LogP contribution >= 0.6 is 0 Å². The second-order valence-electron chi connectivity index (χ2n) is 19.7. The van der Waals surface area contributed by atoms with Crippen LogP contribution in [-0.4, -0.2) is 81.4 Å². The summed E-state index contributed by atoms with van der Waals surface area (Å²) in [5.74, 6) is 5.68. The molecule has 4 fully saturated rings. The molecule has 13 unspecified atom stereocenters. The summed E-state index contributed by atoms with van der Waals surface area (Å²) in [5.41, 5.74) is 0.950. The van der Waals surface area contributed by atoms with Gasteiger partial charge < -0.3 is 46.0 Å². The molecular formula is C51H60N2O8. The molecule has 7 aliphatic rings. The van der Waals surface area contributed by atoms with Crippen molar-refractivity contribution in [1.29, 1.82) is 0 Å². The number of ether oxygens (including phenoxy) is 1. The molecule has 10 rings (SSSR count). The molecule has 322 valence electrons. The third-order valence-electron chi connectivity index (χ3n) is 17.3. The SMILES string of the molecule is CNCC1CC2CCC34NCC5C#CC(Cc6ccccc6)C(c6cc(OC)c(O)cc6CO)CC(=O)CC6(O)C(CCCO)C3C=CC23CC1c1cc(O)c(O)cc1C34C56. The van der Waals surface area contributed by atoms with Crippen molar-refractivity contribution in [2.45, 2.75) is 92.8 Å². The Balaban J connectivity index is 1.25. The largest absolute Gasteiger partial charge is 0.504 e. The van der Waals surface area contributed by atoms with Gasteiger partial charge in [0, 0.05) is 72.0 Å². The lowest BCUT2D eigenvalue weighted by atomic mass is 9.23. The first-order valence-corrected chi connectivity index (χ1v) is 22.6. The van der Waals surface area contributed by atoms with Gasteiger partial charge in [0.1, 0.15) is 5.78 Å². The van der Waals surface area contributed by atoms with E-state index in [4.69, 9.17) is 4.74 Å². The number of aliphatic hydroxyl groups excluding tert-OH is 2. The Hall–Kier alpha value is -4.37. The highest BCUT2D eigenvalue weighted by molar-refractivity contribution is 5.81. The average molecular weight is 829 g/mol. The van der Waals surface area contributed by atoms with Crippen LogP contribution in [0.25, 0.3) is 0 Å². The summed E-state index contributed by atoms with van der Waals surface area (Å²) in [7, 11) is 3.48.